The lowest BCUT2D eigenvalue weighted by Gasteiger charge is -2.18. The molecule has 3 N–H and O–H groups in total. The van der Waals surface area contributed by atoms with Gasteiger partial charge >= 0.3 is 5.97 Å². The molecule has 0 spiro atoms. The molecule has 0 saturated carbocycles. The first-order valence-corrected chi connectivity index (χ1v) is 7.37. The van der Waals surface area contributed by atoms with Crippen LogP contribution in [0.2, 0.25) is 0 Å². The van der Waals surface area contributed by atoms with Gasteiger partial charge in [-0.1, -0.05) is 42.5 Å². The molecule has 0 aliphatic rings. The summed E-state index contributed by atoms with van der Waals surface area (Å²) >= 11 is 0. The SMILES string of the molecule is O=C(O)CNC(=O)C(Cc1[c]cccc1)NC(=O)c1ccccc1. The fraction of sp³-hybridized carbons (Fsp3) is 0.167. The van der Waals surface area contributed by atoms with Crippen LogP contribution in [0.15, 0.2) is 54.6 Å². The monoisotopic (exact) mass is 325 g/mol. The van der Waals surface area contributed by atoms with Gasteiger partial charge in [0.1, 0.15) is 12.6 Å². The molecule has 6 heteroatoms. The molecule has 2 aromatic carbocycles. The fourth-order valence-electron chi connectivity index (χ4n) is 2.10. The molecule has 2 aromatic rings. The Hall–Kier alpha value is -3.15. The Morgan fingerprint density at radius 1 is 1.04 bits per heavy atom. The van der Waals surface area contributed by atoms with Gasteiger partial charge in [-0.25, -0.2) is 0 Å². The summed E-state index contributed by atoms with van der Waals surface area (Å²) in [7, 11) is 0. The molecule has 0 aliphatic heterocycles. The Kier molecular flexibility index (Phi) is 6.08. The summed E-state index contributed by atoms with van der Waals surface area (Å²) in [6.45, 7) is -0.505. The number of rotatable bonds is 7. The third-order valence-corrected chi connectivity index (χ3v) is 3.27. The molecule has 0 aliphatic carbocycles. The highest BCUT2D eigenvalue weighted by atomic mass is 16.4. The number of aliphatic carboxylic acids is 1. The van der Waals surface area contributed by atoms with Crippen LogP contribution in [-0.2, 0) is 16.0 Å². The van der Waals surface area contributed by atoms with E-state index in [4.69, 9.17) is 5.11 Å². The Bertz CT molecular complexity index is 701. The minimum Gasteiger partial charge on any atom is -0.480 e. The van der Waals surface area contributed by atoms with Gasteiger partial charge in [-0.15, -0.1) is 0 Å². The van der Waals surface area contributed by atoms with Gasteiger partial charge in [0, 0.05) is 12.0 Å². The summed E-state index contributed by atoms with van der Waals surface area (Å²) in [5.41, 5.74) is 1.16. The molecule has 2 amide bonds. The van der Waals surface area contributed by atoms with Crippen molar-refractivity contribution in [3.8, 4) is 0 Å². The predicted molar refractivity (Wildman–Crippen MR) is 87.3 cm³/mol. The van der Waals surface area contributed by atoms with Gasteiger partial charge in [0.15, 0.2) is 0 Å². The number of nitrogens with one attached hydrogen (secondary N) is 2. The number of hydrogen-bond acceptors (Lipinski definition) is 3. The maximum atomic E-state index is 12.3. The molecule has 123 valence electrons. The summed E-state index contributed by atoms with van der Waals surface area (Å²) < 4.78 is 0. The van der Waals surface area contributed by atoms with E-state index in [0.29, 0.717) is 5.56 Å². The van der Waals surface area contributed by atoms with Crippen molar-refractivity contribution in [2.45, 2.75) is 12.5 Å². The number of carboxylic acid groups (broad SMARTS) is 1. The highest BCUT2D eigenvalue weighted by molar-refractivity contribution is 5.97. The second kappa shape index (κ2) is 8.47. The van der Waals surface area contributed by atoms with Crippen LogP contribution < -0.4 is 10.6 Å². The third kappa shape index (κ3) is 5.24. The standard InChI is InChI=1S/C18H17N2O4/c21-16(22)12-19-18(24)15(11-13-7-3-1-4-8-13)20-17(23)14-9-5-2-6-10-14/h1-7,9-10,15H,11-12H2,(H,19,24)(H,20,23)(H,21,22). The van der Waals surface area contributed by atoms with Crippen molar-refractivity contribution < 1.29 is 19.5 Å². The first-order valence-electron chi connectivity index (χ1n) is 7.37. The topological polar surface area (TPSA) is 95.5 Å². The van der Waals surface area contributed by atoms with Gasteiger partial charge < -0.3 is 15.7 Å². The molecule has 0 bridgehead atoms. The van der Waals surface area contributed by atoms with E-state index in [1.165, 1.54) is 0 Å². The summed E-state index contributed by atoms with van der Waals surface area (Å²) in [6, 6.07) is 17.7. The molecule has 6 nitrogen and oxygen atoms in total. The molecule has 1 atom stereocenters. The highest BCUT2D eigenvalue weighted by Crippen LogP contribution is 2.05. The van der Waals surface area contributed by atoms with E-state index in [9.17, 15) is 14.4 Å². The quantitative estimate of drug-likeness (QED) is 0.708. The lowest BCUT2D eigenvalue weighted by Crippen LogP contribution is -2.49. The molecule has 2 rings (SSSR count). The van der Waals surface area contributed by atoms with Crippen LogP contribution in [0.4, 0.5) is 0 Å². The van der Waals surface area contributed by atoms with E-state index in [-0.39, 0.29) is 6.42 Å². The minimum atomic E-state index is -1.15. The van der Waals surface area contributed by atoms with Crippen LogP contribution in [-0.4, -0.2) is 35.5 Å². The second-order valence-electron chi connectivity index (χ2n) is 5.10. The van der Waals surface area contributed by atoms with Crippen molar-refractivity contribution in [3.63, 3.8) is 0 Å². The molecule has 1 unspecified atom stereocenters. The van der Waals surface area contributed by atoms with Crippen molar-refractivity contribution >= 4 is 17.8 Å². The van der Waals surface area contributed by atoms with Crippen molar-refractivity contribution in [1.82, 2.24) is 10.6 Å². The number of hydrogen-bond donors (Lipinski definition) is 3. The van der Waals surface area contributed by atoms with E-state index in [0.717, 1.165) is 5.56 Å². The normalized spacial score (nSPS) is 11.3. The van der Waals surface area contributed by atoms with Crippen molar-refractivity contribution in [2.24, 2.45) is 0 Å². The molecule has 1 radical (unpaired) electrons. The molecular formula is C18H17N2O4. The van der Waals surface area contributed by atoms with Crippen LogP contribution in [0.3, 0.4) is 0 Å². The fourth-order valence-corrected chi connectivity index (χ4v) is 2.10. The number of benzene rings is 2. The minimum absolute atomic E-state index is 0.213. The van der Waals surface area contributed by atoms with Gasteiger partial charge in [-0.3, -0.25) is 14.4 Å². The average Bonchev–Trinajstić information content (AvgIpc) is 2.60. The largest absolute Gasteiger partial charge is 0.480 e. The summed E-state index contributed by atoms with van der Waals surface area (Å²) in [5.74, 6) is -2.11. The zero-order valence-electron chi connectivity index (χ0n) is 12.9. The van der Waals surface area contributed by atoms with Gasteiger partial charge in [0.25, 0.3) is 5.91 Å². The number of carboxylic acids is 1. The molecule has 0 saturated heterocycles. The van der Waals surface area contributed by atoms with Gasteiger partial charge in [-0.2, -0.15) is 0 Å². The zero-order chi connectivity index (χ0) is 17.4. The van der Waals surface area contributed by atoms with Crippen LogP contribution in [0, 0.1) is 6.07 Å². The molecule has 0 heterocycles. The van der Waals surface area contributed by atoms with Crippen LogP contribution in [0.1, 0.15) is 15.9 Å². The molecule has 0 fully saturated rings. The highest BCUT2D eigenvalue weighted by Gasteiger charge is 2.22. The first kappa shape index (κ1) is 17.2. The van der Waals surface area contributed by atoms with E-state index in [2.05, 4.69) is 16.7 Å². The number of carbonyl (C=O) groups is 3. The van der Waals surface area contributed by atoms with E-state index < -0.39 is 30.4 Å². The maximum Gasteiger partial charge on any atom is 0.322 e. The van der Waals surface area contributed by atoms with Gasteiger partial charge in [0.2, 0.25) is 5.91 Å². The van der Waals surface area contributed by atoms with Crippen LogP contribution in [0.5, 0.6) is 0 Å². The summed E-state index contributed by atoms with van der Waals surface area (Å²) in [6.07, 6.45) is 0.213. The van der Waals surface area contributed by atoms with E-state index in [1.54, 1.807) is 54.6 Å². The summed E-state index contributed by atoms with van der Waals surface area (Å²) in [5, 5.41) is 13.6. The Balaban J connectivity index is 2.11. The second-order valence-corrected chi connectivity index (χ2v) is 5.10. The van der Waals surface area contributed by atoms with Crippen molar-refractivity contribution in [3.05, 3.63) is 71.8 Å². The smallest absolute Gasteiger partial charge is 0.322 e. The Morgan fingerprint density at radius 2 is 1.75 bits per heavy atom. The molecular weight excluding hydrogens is 308 g/mol. The van der Waals surface area contributed by atoms with Crippen LogP contribution >= 0.6 is 0 Å². The predicted octanol–water partition coefficient (Wildman–Crippen LogP) is 1.03. The molecule has 24 heavy (non-hydrogen) atoms. The number of carbonyl (C=O) groups excluding carboxylic acids is 2. The Labute approximate surface area is 139 Å². The first-order chi connectivity index (χ1) is 11.6. The van der Waals surface area contributed by atoms with E-state index in [1.807, 2.05) is 0 Å². The lowest BCUT2D eigenvalue weighted by molar-refractivity contribution is -0.138. The maximum absolute atomic E-state index is 12.3. The number of amides is 2. The van der Waals surface area contributed by atoms with Crippen molar-refractivity contribution in [1.29, 1.82) is 0 Å². The lowest BCUT2D eigenvalue weighted by atomic mass is 10.0. The van der Waals surface area contributed by atoms with Crippen molar-refractivity contribution in [2.75, 3.05) is 6.54 Å². The molecule has 0 aromatic heterocycles. The average molecular weight is 325 g/mol. The van der Waals surface area contributed by atoms with Gasteiger partial charge in [-0.05, 0) is 23.8 Å². The van der Waals surface area contributed by atoms with Gasteiger partial charge in [0.05, 0.1) is 0 Å². The Morgan fingerprint density at radius 3 is 2.38 bits per heavy atom. The van der Waals surface area contributed by atoms with Crippen LogP contribution in [0.25, 0.3) is 0 Å². The third-order valence-electron chi connectivity index (χ3n) is 3.27. The zero-order valence-corrected chi connectivity index (χ0v) is 12.9. The van der Waals surface area contributed by atoms with E-state index >= 15 is 0 Å². The summed E-state index contributed by atoms with van der Waals surface area (Å²) in [4.78, 5) is 35.1.